The molecule has 11 heavy (non-hydrogen) atoms. The van der Waals surface area contributed by atoms with E-state index in [9.17, 15) is 9.59 Å². The highest BCUT2D eigenvalue weighted by atomic mass is 16.1. The Hall–Kier alpha value is -0.860. The standard InChI is InChI=1S/C8H13NO2/c1-8(6-10)2-4-9(7-11)5-3-8/h6-7H,2-5H2,1H3. The minimum Gasteiger partial charge on any atom is -0.345 e. The van der Waals surface area contributed by atoms with Crippen molar-refractivity contribution < 1.29 is 9.59 Å². The molecule has 0 N–H and O–H groups in total. The second-order valence-corrected chi connectivity index (χ2v) is 3.41. The zero-order valence-corrected chi connectivity index (χ0v) is 6.75. The van der Waals surface area contributed by atoms with Crippen LogP contribution >= 0.6 is 0 Å². The summed E-state index contributed by atoms with van der Waals surface area (Å²) in [4.78, 5) is 22.6. The van der Waals surface area contributed by atoms with Gasteiger partial charge in [-0.05, 0) is 12.8 Å². The zero-order valence-electron chi connectivity index (χ0n) is 6.75. The van der Waals surface area contributed by atoms with E-state index in [2.05, 4.69) is 0 Å². The van der Waals surface area contributed by atoms with Crippen LogP contribution in [0, 0.1) is 5.41 Å². The van der Waals surface area contributed by atoms with Gasteiger partial charge in [0.2, 0.25) is 6.41 Å². The molecular formula is C8H13NO2. The van der Waals surface area contributed by atoms with Crippen LogP contribution in [0.2, 0.25) is 0 Å². The van der Waals surface area contributed by atoms with E-state index in [1.807, 2.05) is 6.92 Å². The van der Waals surface area contributed by atoms with E-state index in [-0.39, 0.29) is 5.41 Å². The summed E-state index contributed by atoms with van der Waals surface area (Å²) in [6.07, 6.45) is 3.46. The summed E-state index contributed by atoms with van der Waals surface area (Å²) < 4.78 is 0. The summed E-state index contributed by atoms with van der Waals surface area (Å²) in [6, 6.07) is 0. The first-order valence-electron chi connectivity index (χ1n) is 3.86. The van der Waals surface area contributed by atoms with Crippen LogP contribution < -0.4 is 0 Å². The molecule has 0 atom stereocenters. The molecule has 0 aromatic heterocycles. The quantitative estimate of drug-likeness (QED) is 0.543. The molecule has 1 rings (SSSR count). The number of carbonyl (C=O) groups excluding carboxylic acids is 2. The number of aldehydes is 1. The van der Waals surface area contributed by atoms with Gasteiger partial charge in [-0.1, -0.05) is 6.92 Å². The molecule has 62 valence electrons. The molecule has 1 aliphatic heterocycles. The molecule has 0 saturated carbocycles. The summed E-state index contributed by atoms with van der Waals surface area (Å²) in [5.74, 6) is 0. The van der Waals surface area contributed by atoms with E-state index in [0.29, 0.717) is 0 Å². The third-order valence-corrected chi connectivity index (χ3v) is 2.37. The molecule has 3 nitrogen and oxygen atoms in total. The van der Waals surface area contributed by atoms with Crippen LogP contribution in [0.15, 0.2) is 0 Å². The van der Waals surface area contributed by atoms with Crippen molar-refractivity contribution in [2.75, 3.05) is 13.1 Å². The lowest BCUT2D eigenvalue weighted by molar-refractivity contribution is -0.124. The second kappa shape index (κ2) is 3.03. The molecular weight excluding hydrogens is 142 g/mol. The maximum Gasteiger partial charge on any atom is 0.209 e. The van der Waals surface area contributed by atoms with E-state index in [4.69, 9.17) is 0 Å². The van der Waals surface area contributed by atoms with Gasteiger partial charge in [-0.15, -0.1) is 0 Å². The Morgan fingerprint density at radius 2 is 1.82 bits per heavy atom. The number of rotatable bonds is 2. The van der Waals surface area contributed by atoms with E-state index >= 15 is 0 Å². The first-order chi connectivity index (χ1) is 5.20. The summed E-state index contributed by atoms with van der Waals surface area (Å²) in [5.41, 5.74) is -0.181. The lowest BCUT2D eigenvalue weighted by Gasteiger charge is -2.33. The van der Waals surface area contributed by atoms with Crippen molar-refractivity contribution in [2.24, 2.45) is 5.41 Å². The molecule has 0 aromatic rings. The minimum absolute atomic E-state index is 0.181. The summed E-state index contributed by atoms with van der Waals surface area (Å²) in [6.45, 7) is 3.39. The van der Waals surface area contributed by atoms with Crippen molar-refractivity contribution in [2.45, 2.75) is 19.8 Å². The highest BCUT2D eigenvalue weighted by molar-refractivity contribution is 5.59. The van der Waals surface area contributed by atoms with Crippen molar-refractivity contribution in [3.8, 4) is 0 Å². The molecule has 1 fully saturated rings. The normalized spacial score (nSPS) is 22.8. The predicted molar refractivity (Wildman–Crippen MR) is 41.0 cm³/mol. The Kier molecular flexibility index (Phi) is 2.27. The van der Waals surface area contributed by atoms with Crippen molar-refractivity contribution in [3.05, 3.63) is 0 Å². The molecule has 3 heteroatoms. The van der Waals surface area contributed by atoms with Gasteiger partial charge in [0.25, 0.3) is 0 Å². The molecule has 1 saturated heterocycles. The Morgan fingerprint density at radius 3 is 2.18 bits per heavy atom. The Balaban J connectivity index is 2.46. The fraction of sp³-hybridized carbons (Fsp3) is 0.750. The topological polar surface area (TPSA) is 37.4 Å². The van der Waals surface area contributed by atoms with E-state index in [1.54, 1.807) is 4.90 Å². The number of hydrogen-bond donors (Lipinski definition) is 0. The van der Waals surface area contributed by atoms with Crippen LogP contribution in [0.5, 0.6) is 0 Å². The smallest absolute Gasteiger partial charge is 0.209 e. The van der Waals surface area contributed by atoms with E-state index in [0.717, 1.165) is 38.6 Å². The van der Waals surface area contributed by atoms with Crippen LogP contribution in [0.3, 0.4) is 0 Å². The molecule has 1 amide bonds. The Bertz CT molecular complexity index is 159. The van der Waals surface area contributed by atoms with Crippen LogP contribution in [0.25, 0.3) is 0 Å². The number of amides is 1. The zero-order chi connectivity index (χ0) is 8.32. The third-order valence-electron chi connectivity index (χ3n) is 2.37. The van der Waals surface area contributed by atoms with Gasteiger partial charge in [0.15, 0.2) is 0 Å². The molecule has 0 spiro atoms. The predicted octanol–water partition coefficient (Wildman–Crippen LogP) is 0.444. The molecule has 1 aliphatic rings. The fourth-order valence-electron chi connectivity index (χ4n) is 1.26. The summed E-state index contributed by atoms with van der Waals surface area (Å²) >= 11 is 0. The van der Waals surface area contributed by atoms with Gasteiger partial charge in [0, 0.05) is 18.5 Å². The number of hydrogen-bond acceptors (Lipinski definition) is 2. The number of likely N-dealkylation sites (tertiary alicyclic amines) is 1. The van der Waals surface area contributed by atoms with Crippen molar-refractivity contribution >= 4 is 12.7 Å². The number of nitrogens with zero attached hydrogens (tertiary/aromatic N) is 1. The Labute approximate surface area is 66.4 Å². The van der Waals surface area contributed by atoms with Crippen molar-refractivity contribution in [1.82, 2.24) is 4.90 Å². The fourth-order valence-corrected chi connectivity index (χ4v) is 1.26. The highest BCUT2D eigenvalue weighted by Crippen LogP contribution is 2.27. The van der Waals surface area contributed by atoms with Gasteiger partial charge in [-0.3, -0.25) is 4.79 Å². The highest BCUT2D eigenvalue weighted by Gasteiger charge is 2.28. The van der Waals surface area contributed by atoms with Gasteiger partial charge in [0.05, 0.1) is 0 Å². The molecule has 0 bridgehead atoms. The van der Waals surface area contributed by atoms with Crippen LogP contribution in [-0.2, 0) is 9.59 Å². The first-order valence-corrected chi connectivity index (χ1v) is 3.86. The third kappa shape index (κ3) is 1.79. The minimum atomic E-state index is -0.181. The lowest BCUT2D eigenvalue weighted by Crippen LogP contribution is -2.38. The van der Waals surface area contributed by atoms with Gasteiger partial charge >= 0.3 is 0 Å². The maximum absolute atomic E-state index is 10.6. The average molecular weight is 155 g/mol. The lowest BCUT2D eigenvalue weighted by atomic mass is 9.82. The van der Waals surface area contributed by atoms with Crippen LogP contribution in [-0.4, -0.2) is 30.7 Å². The molecule has 0 radical (unpaired) electrons. The van der Waals surface area contributed by atoms with Crippen LogP contribution in [0.4, 0.5) is 0 Å². The summed E-state index contributed by atoms with van der Waals surface area (Å²) in [7, 11) is 0. The van der Waals surface area contributed by atoms with E-state index in [1.165, 1.54) is 0 Å². The number of carbonyl (C=O) groups is 2. The second-order valence-electron chi connectivity index (χ2n) is 3.41. The molecule has 0 aromatic carbocycles. The van der Waals surface area contributed by atoms with Crippen LogP contribution in [0.1, 0.15) is 19.8 Å². The SMILES string of the molecule is CC1(C=O)CCN(C=O)CC1. The maximum atomic E-state index is 10.6. The number of piperidine rings is 1. The molecule has 0 unspecified atom stereocenters. The monoisotopic (exact) mass is 155 g/mol. The van der Waals surface area contributed by atoms with Gasteiger partial charge in [-0.25, -0.2) is 0 Å². The summed E-state index contributed by atoms with van der Waals surface area (Å²) in [5, 5.41) is 0. The average Bonchev–Trinajstić information content (AvgIpc) is 2.06. The van der Waals surface area contributed by atoms with E-state index < -0.39 is 0 Å². The van der Waals surface area contributed by atoms with Gasteiger partial charge in [0.1, 0.15) is 6.29 Å². The van der Waals surface area contributed by atoms with Gasteiger partial charge < -0.3 is 9.69 Å². The molecule has 1 heterocycles. The first kappa shape index (κ1) is 8.24. The Morgan fingerprint density at radius 1 is 1.27 bits per heavy atom. The molecule has 0 aliphatic carbocycles. The van der Waals surface area contributed by atoms with Crippen molar-refractivity contribution in [1.29, 1.82) is 0 Å². The van der Waals surface area contributed by atoms with Crippen molar-refractivity contribution in [3.63, 3.8) is 0 Å². The van der Waals surface area contributed by atoms with Gasteiger partial charge in [-0.2, -0.15) is 0 Å². The largest absolute Gasteiger partial charge is 0.345 e.